The molecule has 0 aliphatic heterocycles. The van der Waals surface area contributed by atoms with E-state index >= 15 is 0 Å². The number of methoxy groups -OCH3 is 1. The Morgan fingerprint density at radius 1 is 1.00 bits per heavy atom. The van der Waals surface area contributed by atoms with Gasteiger partial charge in [-0.3, -0.25) is 13.9 Å². The van der Waals surface area contributed by atoms with Crippen LogP contribution in [0.5, 0.6) is 5.75 Å². The molecule has 208 valence electrons. The van der Waals surface area contributed by atoms with Gasteiger partial charge in [-0.1, -0.05) is 55.3 Å². The zero-order chi connectivity index (χ0) is 28.4. The van der Waals surface area contributed by atoms with E-state index in [0.717, 1.165) is 22.7 Å². The molecule has 3 aromatic carbocycles. The van der Waals surface area contributed by atoms with Crippen LogP contribution in [0.3, 0.4) is 0 Å². The predicted octanol–water partition coefficient (Wildman–Crippen LogP) is 4.88. The summed E-state index contributed by atoms with van der Waals surface area (Å²) in [5, 5.41) is 3.26. The second-order valence-electron chi connectivity index (χ2n) is 8.99. The van der Waals surface area contributed by atoms with E-state index in [2.05, 4.69) is 5.32 Å². The van der Waals surface area contributed by atoms with Gasteiger partial charge < -0.3 is 15.0 Å². The van der Waals surface area contributed by atoms with E-state index in [-0.39, 0.29) is 17.3 Å². The van der Waals surface area contributed by atoms with Crippen LogP contribution in [0.25, 0.3) is 0 Å². The molecule has 0 saturated heterocycles. The van der Waals surface area contributed by atoms with Crippen LogP contribution in [0.4, 0.5) is 5.69 Å². The standard InChI is InChI=1S/C29H34ClN3O5S/c1-4-5-18-31-29(35)22(2)32(20-23-10-9-13-26(19-23)38-3)28(34)21-33(25-11-7-6-8-12-25)39(36,37)27-16-14-24(30)15-17-27/h6-17,19,22H,4-5,18,20-21H2,1-3H3,(H,31,35)/t22-/m1/s1. The maximum atomic E-state index is 13.9. The maximum Gasteiger partial charge on any atom is 0.264 e. The van der Waals surface area contributed by atoms with Gasteiger partial charge >= 0.3 is 0 Å². The average molecular weight is 572 g/mol. The van der Waals surface area contributed by atoms with Gasteiger partial charge in [0.05, 0.1) is 17.7 Å². The van der Waals surface area contributed by atoms with Crippen molar-refractivity contribution in [1.29, 1.82) is 0 Å². The highest BCUT2D eigenvalue weighted by Gasteiger charge is 2.32. The van der Waals surface area contributed by atoms with E-state index in [4.69, 9.17) is 16.3 Å². The summed E-state index contributed by atoms with van der Waals surface area (Å²) >= 11 is 5.98. The minimum atomic E-state index is -4.14. The number of benzene rings is 3. The molecule has 0 bridgehead atoms. The van der Waals surface area contributed by atoms with Gasteiger partial charge in [-0.25, -0.2) is 8.42 Å². The molecule has 2 amide bonds. The average Bonchev–Trinajstić information content (AvgIpc) is 2.95. The Morgan fingerprint density at radius 3 is 2.33 bits per heavy atom. The molecule has 0 saturated carbocycles. The van der Waals surface area contributed by atoms with Gasteiger partial charge in [-0.2, -0.15) is 0 Å². The quantitative estimate of drug-likeness (QED) is 0.295. The molecule has 3 aromatic rings. The van der Waals surface area contributed by atoms with Gasteiger partial charge in [0.1, 0.15) is 18.3 Å². The van der Waals surface area contributed by atoms with E-state index in [1.165, 1.54) is 29.2 Å². The number of nitrogens with zero attached hydrogens (tertiary/aromatic N) is 2. The Morgan fingerprint density at radius 2 is 1.69 bits per heavy atom. The van der Waals surface area contributed by atoms with Crippen LogP contribution in [0.1, 0.15) is 32.3 Å². The van der Waals surface area contributed by atoms with Gasteiger partial charge in [0, 0.05) is 18.1 Å². The number of rotatable bonds is 13. The Bertz CT molecular complexity index is 1350. The number of para-hydroxylation sites is 1. The molecule has 0 aromatic heterocycles. The number of hydrogen-bond donors (Lipinski definition) is 1. The third kappa shape index (κ3) is 7.97. The minimum absolute atomic E-state index is 0.00624. The second kappa shape index (κ2) is 14.0. The number of sulfonamides is 1. The molecule has 0 radical (unpaired) electrons. The van der Waals surface area contributed by atoms with Crippen LogP contribution >= 0.6 is 11.6 Å². The van der Waals surface area contributed by atoms with Gasteiger partial charge in [-0.15, -0.1) is 0 Å². The van der Waals surface area contributed by atoms with E-state index in [1.807, 2.05) is 13.0 Å². The summed E-state index contributed by atoms with van der Waals surface area (Å²) in [5.74, 6) is -0.236. The summed E-state index contributed by atoms with van der Waals surface area (Å²) in [6, 6.07) is 20.5. The zero-order valence-corrected chi connectivity index (χ0v) is 23.9. The number of anilines is 1. The monoisotopic (exact) mass is 571 g/mol. The van der Waals surface area contributed by atoms with Gasteiger partial charge in [0.25, 0.3) is 10.0 Å². The molecule has 1 N–H and O–H groups in total. The SMILES string of the molecule is CCCCNC(=O)[C@@H](C)N(Cc1cccc(OC)c1)C(=O)CN(c1ccccc1)S(=O)(=O)c1ccc(Cl)cc1. The molecule has 0 aliphatic rings. The molecule has 0 aliphatic carbocycles. The lowest BCUT2D eigenvalue weighted by Gasteiger charge is -2.32. The Balaban J connectivity index is 1.98. The lowest BCUT2D eigenvalue weighted by atomic mass is 10.1. The topological polar surface area (TPSA) is 96.0 Å². The molecule has 8 nitrogen and oxygen atoms in total. The van der Waals surface area contributed by atoms with Gasteiger partial charge in [0.2, 0.25) is 11.8 Å². The highest BCUT2D eigenvalue weighted by atomic mass is 35.5. The van der Waals surface area contributed by atoms with Crippen molar-refractivity contribution in [1.82, 2.24) is 10.2 Å². The first-order valence-corrected chi connectivity index (χ1v) is 14.5. The highest BCUT2D eigenvalue weighted by Crippen LogP contribution is 2.25. The van der Waals surface area contributed by atoms with Crippen LogP contribution in [0.15, 0.2) is 83.8 Å². The van der Waals surface area contributed by atoms with Crippen molar-refractivity contribution in [3.8, 4) is 5.75 Å². The number of nitrogens with one attached hydrogen (secondary N) is 1. The fraction of sp³-hybridized carbons (Fsp3) is 0.310. The number of ether oxygens (including phenoxy) is 1. The molecule has 39 heavy (non-hydrogen) atoms. The van der Waals surface area contributed by atoms with Crippen LogP contribution < -0.4 is 14.4 Å². The first-order valence-electron chi connectivity index (χ1n) is 12.7. The van der Waals surface area contributed by atoms with Crippen molar-refractivity contribution >= 4 is 39.1 Å². The molecule has 0 heterocycles. The molecule has 0 spiro atoms. The lowest BCUT2D eigenvalue weighted by molar-refractivity contribution is -0.139. The highest BCUT2D eigenvalue weighted by molar-refractivity contribution is 7.92. The number of carbonyl (C=O) groups excluding carboxylic acids is 2. The number of hydrogen-bond acceptors (Lipinski definition) is 5. The first kappa shape index (κ1) is 30.0. The Labute approximate surface area is 235 Å². The summed E-state index contributed by atoms with van der Waals surface area (Å²) in [5.41, 5.74) is 1.06. The molecule has 0 fully saturated rings. The van der Waals surface area contributed by atoms with Crippen molar-refractivity contribution in [2.75, 3.05) is 24.5 Å². The first-order chi connectivity index (χ1) is 18.7. The summed E-state index contributed by atoms with van der Waals surface area (Å²) < 4.78 is 33.8. The fourth-order valence-corrected chi connectivity index (χ4v) is 5.48. The van der Waals surface area contributed by atoms with Crippen LogP contribution in [-0.2, 0) is 26.2 Å². The van der Waals surface area contributed by atoms with Crippen LogP contribution in [0.2, 0.25) is 5.02 Å². The van der Waals surface area contributed by atoms with Crippen molar-refractivity contribution in [3.63, 3.8) is 0 Å². The summed E-state index contributed by atoms with van der Waals surface area (Å²) in [6.07, 6.45) is 1.72. The van der Waals surface area contributed by atoms with Gasteiger partial charge in [0.15, 0.2) is 0 Å². The maximum absolute atomic E-state index is 13.9. The van der Waals surface area contributed by atoms with E-state index in [1.54, 1.807) is 62.6 Å². The molecular formula is C29H34ClN3O5S. The number of unbranched alkanes of at least 4 members (excludes halogenated alkanes) is 1. The van der Waals surface area contributed by atoms with E-state index in [9.17, 15) is 18.0 Å². The third-order valence-electron chi connectivity index (χ3n) is 6.21. The van der Waals surface area contributed by atoms with Crippen LogP contribution in [0, 0.1) is 0 Å². The van der Waals surface area contributed by atoms with Crippen LogP contribution in [-0.4, -0.2) is 51.4 Å². The van der Waals surface area contributed by atoms with Crippen molar-refractivity contribution < 1.29 is 22.7 Å². The predicted molar refractivity (Wildman–Crippen MR) is 153 cm³/mol. The lowest BCUT2D eigenvalue weighted by Crippen LogP contribution is -2.51. The summed E-state index contributed by atoms with van der Waals surface area (Å²) in [4.78, 5) is 28.3. The zero-order valence-electron chi connectivity index (χ0n) is 22.3. The number of amides is 2. The normalized spacial score (nSPS) is 11.9. The van der Waals surface area contributed by atoms with Gasteiger partial charge in [-0.05, 0) is 67.4 Å². The fourth-order valence-electron chi connectivity index (χ4n) is 3.94. The van der Waals surface area contributed by atoms with Crippen molar-refractivity contribution in [2.24, 2.45) is 0 Å². The molecule has 10 heteroatoms. The summed E-state index contributed by atoms with van der Waals surface area (Å²) in [7, 11) is -2.59. The molecule has 3 rings (SSSR count). The van der Waals surface area contributed by atoms with E-state index in [0.29, 0.717) is 23.0 Å². The largest absolute Gasteiger partial charge is 0.497 e. The molecule has 0 unspecified atom stereocenters. The van der Waals surface area contributed by atoms with Crippen molar-refractivity contribution in [3.05, 3.63) is 89.4 Å². The summed E-state index contributed by atoms with van der Waals surface area (Å²) in [6.45, 7) is 3.73. The van der Waals surface area contributed by atoms with E-state index < -0.39 is 28.5 Å². The number of carbonyl (C=O) groups is 2. The smallest absolute Gasteiger partial charge is 0.264 e. The number of halogens is 1. The molecule has 1 atom stereocenters. The molecular weight excluding hydrogens is 538 g/mol. The Hall–Kier alpha value is -3.56. The third-order valence-corrected chi connectivity index (χ3v) is 8.25. The minimum Gasteiger partial charge on any atom is -0.497 e. The second-order valence-corrected chi connectivity index (χ2v) is 11.3. The Kier molecular flexibility index (Phi) is 10.8. The van der Waals surface area contributed by atoms with Crippen molar-refractivity contribution in [2.45, 2.75) is 44.2 Å².